The highest BCUT2D eigenvalue weighted by atomic mass is 32.2. The number of nitrogens with one attached hydrogen (secondary N) is 2. The van der Waals surface area contributed by atoms with Gasteiger partial charge in [0.15, 0.2) is 5.84 Å². The minimum atomic E-state index is -3.65. The summed E-state index contributed by atoms with van der Waals surface area (Å²) in [5.74, 6) is 0.152. The molecular formula is C18H19N3O3S. The first-order valence-corrected chi connectivity index (χ1v) is 9.47. The molecule has 3 rings (SSSR count). The summed E-state index contributed by atoms with van der Waals surface area (Å²) in [4.78, 5) is 12.3. The Bertz CT molecular complexity index is 934. The molecule has 130 valence electrons. The maximum atomic E-state index is 12.1. The van der Waals surface area contributed by atoms with Gasteiger partial charge in [-0.05, 0) is 49.7 Å². The van der Waals surface area contributed by atoms with Gasteiger partial charge < -0.3 is 10.6 Å². The Kier molecular flexibility index (Phi) is 4.59. The lowest BCUT2D eigenvalue weighted by atomic mass is 10.1. The van der Waals surface area contributed by atoms with Gasteiger partial charge in [-0.25, -0.2) is 0 Å². The van der Waals surface area contributed by atoms with E-state index in [1.807, 2.05) is 13.8 Å². The summed E-state index contributed by atoms with van der Waals surface area (Å²) in [5.41, 5.74) is 1.75. The SMILES string of the molecule is CCC(C)NC(=O)c1ccc(NC2=NS(=O)(=O)c3ccccc32)cc1. The Hall–Kier alpha value is -2.67. The van der Waals surface area contributed by atoms with Crippen LogP contribution in [0.4, 0.5) is 5.69 Å². The third kappa shape index (κ3) is 3.56. The first kappa shape index (κ1) is 17.2. The molecule has 1 aliphatic rings. The number of fused-ring (bicyclic) bond motifs is 1. The molecule has 0 aromatic heterocycles. The van der Waals surface area contributed by atoms with Crippen LogP contribution in [-0.4, -0.2) is 26.2 Å². The molecule has 0 aliphatic carbocycles. The normalized spacial score (nSPS) is 15.8. The maximum absolute atomic E-state index is 12.1. The van der Waals surface area contributed by atoms with Crippen LogP contribution in [0.3, 0.4) is 0 Å². The van der Waals surface area contributed by atoms with Crippen molar-refractivity contribution in [2.75, 3.05) is 5.32 Å². The number of carbonyl (C=O) groups excluding carboxylic acids is 1. The summed E-state index contributed by atoms with van der Waals surface area (Å²) < 4.78 is 27.9. The number of sulfonamides is 1. The van der Waals surface area contributed by atoms with E-state index in [2.05, 4.69) is 15.0 Å². The van der Waals surface area contributed by atoms with Crippen molar-refractivity contribution in [1.29, 1.82) is 0 Å². The second-order valence-corrected chi connectivity index (χ2v) is 7.47. The number of rotatable bonds is 4. The van der Waals surface area contributed by atoms with E-state index in [1.165, 1.54) is 6.07 Å². The largest absolute Gasteiger partial charge is 0.350 e. The summed E-state index contributed by atoms with van der Waals surface area (Å²) in [6, 6.07) is 13.6. The highest BCUT2D eigenvalue weighted by molar-refractivity contribution is 7.90. The molecule has 6 nitrogen and oxygen atoms in total. The monoisotopic (exact) mass is 357 g/mol. The Balaban J connectivity index is 1.78. The molecule has 0 fully saturated rings. The molecule has 0 bridgehead atoms. The summed E-state index contributed by atoms with van der Waals surface area (Å²) in [6.45, 7) is 3.95. The zero-order valence-corrected chi connectivity index (χ0v) is 14.8. The number of amides is 1. The molecule has 2 aromatic rings. The molecule has 1 amide bonds. The molecule has 0 saturated heterocycles. The molecule has 1 aliphatic heterocycles. The van der Waals surface area contributed by atoms with Crippen LogP contribution in [0.15, 0.2) is 57.8 Å². The molecule has 1 unspecified atom stereocenters. The van der Waals surface area contributed by atoms with E-state index in [1.54, 1.807) is 42.5 Å². The van der Waals surface area contributed by atoms with Crippen LogP contribution in [0.1, 0.15) is 36.2 Å². The highest BCUT2D eigenvalue weighted by Gasteiger charge is 2.28. The van der Waals surface area contributed by atoms with Crippen LogP contribution >= 0.6 is 0 Å². The lowest BCUT2D eigenvalue weighted by Crippen LogP contribution is -2.31. The van der Waals surface area contributed by atoms with E-state index in [0.717, 1.165) is 6.42 Å². The topological polar surface area (TPSA) is 87.6 Å². The highest BCUT2D eigenvalue weighted by Crippen LogP contribution is 2.26. The van der Waals surface area contributed by atoms with Gasteiger partial charge >= 0.3 is 0 Å². The average Bonchev–Trinajstić information content (AvgIpc) is 2.86. The number of hydrogen-bond acceptors (Lipinski definition) is 4. The molecule has 25 heavy (non-hydrogen) atoms. The standard InChI is InChI=1S/C18H19N3O3S/c1-3-12(2)19-18(22)13-8-10-14(11-9-13)20-17-15-6-4-5-7-16(15)25(23,24)21-17/h4-12H,3H2,1-2H3,(H,19,22)(H,20,21). The number of nitrogens with zero attached hydrogens (tertiary/aromatic N) is 1. The minimum Gasteiger partial charge on any atom is -0.350 e. The number of amidine groups is 1. The summed E-state index contributed by atoms with van der Waals surface area (Å²) in [6.07, 6.45) is 0.860. The van der Waals surface area contributed by atoms with Gasteiger partial charge in [-0.15, -0.1) is 4.40 Å². The zero-order valence-electron chi connectivity index (χ0n) is 14.0. The van der Waals surface area contributed by atoms with Crippen LogP contribution < -0.4 is 10.6 Å². The van der Waals surface area contributed by atoms with Gasteiger partial charge in [0, 0.05) is 22.9 Å². The minimum absolute atomic E-state index is 0.111. The van der Waals surface area contributed by atoms with E-state index in [0.29, 0.717) is 16.8 Å². The molecule has 7 heteroatoms. The summed E-state index contributed by atoms with van der Waals surface area (Å²) >= 11 is 0. The predicted molar refractivity (Wildman–Crippen MR) is 97.4 cm³/mol. The quantitative estimate of drug-likeness (QED) is 0.881. The van der Waals surface area contributed by atoms with Gasteiger partial charge in [-0.2, -0.15) is 8.42 Å². The fraction of sp³-hybridized carbons (Fsp3) is 0.222. The van der Waals surface area contributed by atoms with E-state index in [-0.39, 0.29) is 22.7 Å². The van der Waals surface area contributed by atoms with Crippen LogP contribution in [0.2, 0.25) is 0 Å². The Morgan fingerprint density at radius 2 is 1.80 bits per heavy atom. The molecule has 1 atom stereocenters. The fourth-order valence-corrected chi connectivity index (χ4v) is 3.62. The van der Waals surface area contributed by atoms with Gasteiger partial charge in [0.25, 0.3) is 15.9 Å². The number of anilines is 1. The maximum Gasteiger partial charge on any atom is 0.285 e. The van der Waals surface area contributed by atoms with E-state index in [9.17, 15) is 13.2 Å². The molecule has 0 radical (unpaired) electrons. The van der Waals surface area contributed by atoms with Gasteiger partial charge in [0.2, 0.25) is 0 Å². The van der Waals surface area contributed by atoms with Crippen molar-refractivity contribution in [3.63, 3.8) is 0 Å². The van der Waals surface area contributed by atoms with Crippen molar-refractivity contribution < 1.29 is 13.2 Å². The van der Waals surface area contributed by atoms with E-state index in [4.69, 9.17) is 0 Å². The first-order valence-electron chi connectivity index (χ1n) is 8.03. The lowest BCUT2D eigenvalue weighted by Gasteiger charge is -2.12. The van der Waals surface area contributed by atoms with Gasteiger partial charge in [0.05, 0.1) is 0 Å². The molecular weight excluding hydrogens is 338 g/mol. The van der Waals surface area contributed by atoms with Crippen molar-refractivity contribution in [2.24, 2.45) is 4.40 Å². The fourth-order valence-electron chi connectivity index (χ4n) is 2.45. The smallest absolute Gasteiger partial charge is 0.285 e. The van der Waals surface area contributed by atoms with Gasteiger partial charge in [-0.3, -0.25) is 4.79 Å². The van der Waals surface area contributed by atoms with Crippen molar-refractivity contribution in [1.82, 2.24) is 5.32 Å². The zero-order chi connectivity index (χ0) is 18.0. The first-order chi connectivity index (χ1) is 11.9. The third-order valence-corrected chi connectivity index (χ3v) is 5.37. The predicted octanol–water partition coefficient (Wildman–Crippen LogP) is 2.78. The molecule has 1 heterocycles. The van der Waals surface area contributed by atoms with Crippen LogP contribution in [0, 0.1) is 0 Å². The Morgan fingerprint density at radius 3 is 2.48 bits per heavy atom. The van der Waals surface area contributed by atoms with Gasteiger partial charge in [-0.1, -0.05) is 19.1 Å². The van der Waals surface area contributed by atoms with Crippen LogP contribution in [-0.2, 0) is 10.0 Å². The Morgan fingerprint density at radius 1 is 1.12 bits per heavy atom. The lowest BCUT2D eigenvalue weighted by molar-refractivity contribution is 0.0939. The molecule has 2 aromatic carbocycles. The number of benzene rings is 2. The summed E-state index contributed by atoms with van der Waals surface area (Å²) in [7, 11) is -3.65. The number of carbonyl (C=O) groups is 1. The second-order valence-electron chi connectivity index (χ2n) is 5.90. The van der Waals surface area contributed by atoms with Crippen molar-refractivity contribution in [3.8, 4) is 0 Å². The van der Waals surface area contributed by atoms with Crippen LogP contribution in [0.5, 0.6) is 0 Å². The Labute approximate surface area is 147 Å². The van der Waals surface area contributed by atoms with E-state index < -0.39 is 10.0 Å². The number of hydrogen-bond donors (Lipinski definition) is 2. The molecule has 0 spiro atoms. The van der Waals surface area contributed by atoms with Crippen LogP contribution in [0.25, 0.3) is 0 Å². The van der Waals surface area contributed by atoms with Crippen molar-refractivity contribution >= 4 is 27.5 Å². The summed E-state index contributed by atoms with van der Waals surface area (Å²) in [5, 5.41) is 5.91. The second kappa shape index (κ2) is 6.68. The van der Waals surface area contributed by atoms with Gasteiger partial charge in [0.1, 0.15) is 4.90 Å². The molecule has 2 N–H and O–H groups in total. The average molecular weight is 357 g/mol. The van der Waals surface area contributed by atoms with Crippen molar-refractivity contribution in [2.45, 2.75) is 31.2 Å². The van der Waals surface area contributed by atoms with Crippen molar-refractivity contribution in [3.05, 3.63) is 59.7 Å². The third-order valence-electron chi connectivity index (χ3n) is 4.03. The molecule has 0 saturated carbocycles. The van der Waals surface area contributed by atoms with E-state index >= 15 is 0 Å².